The molecule has 1 fully saturated rings. The maximum absolute atomic E-state index is 4.76. The molecule has 2 aromatic rings. The van der Waals surface area contributed by atoms with Gasteiger partial charge >= 0.3 is 0 Å². The summed E-state index contributed by atoms with van der Waals surface area (Å²) in [5, 5.41) is 7.79. The van der Waals surface area contributed by atoms with Gasteiger partial charge in [-0.05, 0) is 45.9 Å². The third kappa shape index (κ3) is 3.55. The van der Waals surface area contributed by atoms with Crippen molar-refractivity contribution in [3.63, 3.8) is 0 Å². The van der Waals surface area contributed by atoms with E-state index in [1.807, 2.05) is 11.7 Å². The third-order valence-electron chi connectivity index (χ3n) is 4.72. The molecule has 0 aliphatic carbocycles. The van der Waals surface area contributed by atoms with Gasteiger partial charge in [-0.2, -0.15) is 5.10 Å². The molecule has 0 saturated carbocycles. The standard InChI is InChI=1S/C18H27N5/c1-5-23-12-16(14(3)21-23)11-22-7-6-15(10-22)18-9-17(19-4)8-13(2)20-18/h8-9,12,15H,5-7,10-11H2,1-4H3,(H,19,20)/t15-/m0/s1. The second kappa shape index (κ2) is 6.71. The van der Waals surface area contributed by atoms with E-state index in [4.69, 9.17) is 4.98 Å². The molecular formula is C18H27N5. The molecule has 1 aliphatic heterocycles. The second-order valence-corrected chi connectivity index (χ2v) is 6.49. The average Bonchev–Trinajstić information content (AvgIpc) is 3.14. The van der Waals surface area contributed by atoms with Gasteiger partial charge in [-0.25, -0.2) is 0 Å². The van der Waals surface area contributed by atoms with Crippen LogP contribution in [0, 0.1) is 13.8 Å². The van der Waals surface area contributed by atoms with Crippen LogP contribution >= 0.6 is 0 Å². The molecule has 0 amide bonds. The van der Waals surface area contributed by atoms with Gasteiger partial charge in [-0.3, -0.25) is 14.6 Å². The van der Waals surface area contributed by atoms with Gasteiger partial charge in [0.1, 0.15) is 0 Å². The monoisotopic (exact) mass is 313 g/mol. The molecule has 0 radical (unpaired) electrons. The average molecular weight is 313 g/mol. The summed E-state index contributed by atoms with van der Waals surface area (Å²) < 4.78 is 2.03. The van der Waals surface area contributed by atoms with Crippen LogP contribution in [0.25, 0.3) is 0 Å². The fourth-order valence-electron chi connectivity index (χ4n) is 3.38. The Labute approximate surface area is 138 Å². The van der Waals surface area contributed by atoms with Gasteiger partial charge in [0.05, 0.1) is 5.69 Å². The molecule has 5 nitrogen and oxygen atoms in total. The summed E-state index contributed by atoms with van der Waals surface area (Å²) in [6.45, 7) is 10.4. The lowest BCUT2D eigenvalue weighted by atomic mass is 10.0. The van der Waals surface area contributed by atoms with E-state index in [-0.39, 0.29) is 0 Å². The largest absolute Gasteiger partial charge is 0.388 e. The van der Waals surface area contributed by atoms with Crippen LogP contribution in [0.15, 0.2) is 18.3 Å². The topological polar surface area (TPSA) is 46.0 Å². The minimum Gasteiger partial charge on any atom is -0.388 e. The van der Waals surface area contributed by atoms with Gasteiger partial charge in [0.15, 0.2) is 0 Å². The molecule has 0 spiro atoms. The van der Waals surface area contributed by atoms with Gasteiger partial charge in [0.2, 0.25) is 0 Å². The highest BCUT2D eigenvalue weighted by Gasteiger charge is 2.26. The van der Waals surface area contributed by atoms with Crippen molar-refractivity contribution in [2.24, 2.45) is 0 Å². The molecular weight excluding hydrogens is 286 g/mol. The van der Waals surface area contributed by atoms with Gasteiger partial charge in [0.25, 0.3) is 0 Å². The molecule has 124 valence electrons. The summed E-state index contributed by atoms with van der Waals surface area (Å²) >= 11 is 0. The van der Waals surface area contributed by atoms with E-state index in [2.05, 4.69) is 54.4 Å². The lowest BCUT2D eigenvalue weighted by Crippen LogP contribution is -2.20. The summed E-state index contributed by atoms with van der Waals surface area (Å²) in [4.78, 5) is 7.28. The number of anilines is 1. The van der Waals surface area contributed by atoms with Crippen LogP contribution in [0.1, 0.15) is 41.9 Å². The second-order valence-electron chi connectivity index (χ2n) is 6.49. The molecule has 0 unspecified atom stereocenters. The molecule has 1 N–H and O–H groups in total. The van der Waals surface area contributed by atoms with E-state index in [0.717, 1.165) is 43.3 Å². The van der Waals surface area contributed by atoms with E-state index in [9.17, 15) is 0 Å². The van der Waals surface area contributed by atoms with Crippen molar-refractivity contribution >= 4 is 5.69 Å². The Hall–Kier alpha value is -1.88. The van der Waals surface area contributed by atoms with Crippen LogP contribution < -0.4 is 5.32 Å². The van der Waals surface area contributed by atoms with Crippen LogP contribution in [0.4, 0.5) is 5.69 Å². The van der Waals surface area contributed by atoms with Crippen LogP contribution in [0.3, 0.4) is 0 Å². The predicted molar refractivity (Wildman–Crippen MR) is 93.8 cm³/mol. The van der Waals surface area contributed by atoms with E-state index in [1.165, 1.54) is 17.7 Å². The number of pyridine rings is 1. The maximum Gasteiger partial charge on any atom is 0.0638 e. The zero-order valence-corrected chi connectivity index (χ0v) is 14.6. The first-order valence-corrected chi connectivity index (χ1v) is 8.50. The fraction of sp³-hybridized carbons (Fsp3) is 0.556. The van der Waals surface area contributed by atoms with Crippen molar-refractivity contribution in [2.75, 3.05) is 25.5 Å². The summed E-state index contributed by atoms with van der Waals surface area (Å²) in [7, 11) is 1.97. The van der Waals surface area contributed by atoms with Gasteiger partial charge in [-0.1, -0.05) is 0 Å². The van der Waals surface area contributed by atoms with Crippen molar-refractivity contribution < 1.29 is 0 Å². The maximum atomic E-state index is 4.76. The van der Waals surface area contributed by atoms with Crippen LogP contribution in [0.5, 0.6) is 0 Å². The Kier molecular flexibility index (Phi) is 4.66. The first-order chi connectivity index (χ1) is 11.1. The number of likely N-dealkylation sites (tertiary alicyclic amines) is 1. The predicted octanol–water partition coefficient (Wildman–Crippen LogP) is 2.95. The lowest BCUT2D eigenvalue weighted by molar-refractivity contribution is 0.325. The Morgan fingerprint density at radius 2 is 2.13 bits per heavy atom. The van der Waals surface area contributed by atoms with Crippen LogP contribution in [-0.4, -0.2) is 39.8 Å². The Morgan fingerprint density at radius 1 is 1.30 bits per heavy atom. The quantitative estimate of drug-likeness (QED) is 0.922. The first-order valence-electron chi connectivity index (χ1n) is 8.50. The highest BCUT2D eigenvalue weighted by molar-refractivity contribution is 5.45. The van der Waals surface area contributed by atoms with Crippen molar-refractivity contribution in [2.45, 2.75) is 46.2 Å². The number of hydrogen-bond donors (Lipinski definition) is 1. The molecule has 0 bridgehead atoms. The number of rotatable bonds is 5. The van der Waals surface area contributed by atoms with Gasteiger partial charge in [0, 0.05) is 61.4 Å². The van der Waals surface area contributed by atoms with Crippen molar-refractivity contribution in [3.8, 4) is 0 Å². The zero-order chi connectivity index (χ0) is 16.4. The van der Waals surface area contributed by atoms with Crippen molar-refractivity contribution in [3.05, 3.63) is 41.0 Å². The summed E-state index contributed by atoms with van der Waals surface area (Å²) in [6.07, 6.45) is 3.37. The molecule has 5 heteroatoms. The molecule has 23 heavy (non-hydrogen) atoms. The minimum atomic E-state index is 0.531. The number of nitrogens with zero attached hydrogens (tertiary/aromatic N) is 4. The summed E-state index contributed by atoms with van der Waals surface area (Å²) in [5.41, 5.74) is 5.97. The molecule has 1 aliphatic rings. The number of nitrogens with one attached hydrogen (secondary N) is 1. The first kappa shape index (κ1) is 16.0. The van der Waals surface area contributed by atoms with E-state index in [1.54, 1.807) is 0 Å². The van der Waals surface area contributed by atoms with Crippen LogP contribution in [0.2, 0.25) is 0 Å². The number of hydrogen-bond acceptors (Lipinski definition) is 4. The lowest BCUT2D eigenvalue weighted by Gasteiger charge is -2.16. The minimum absolute atomic E-state index is 0.531. The summed E-state index contributed by atoms with van der Waals surface area (Å²) in [5.74, 6) is 0.531. The number of aromatic nitrogens is 3. The fourth-order valence-corrected chi connectivity index (χ4v) is 3.38. The molecule has 1 saturated heterocycles. The van der Waals surface area contributed by atoms with Gasteiger partial charge in [-0.15, -0.1) is 0 Å². The molecule has 0 aromatic carbocycles. The Morgan fingerprint density at radius 3 is 2.83 bits per heavy atom. The van der Waals surface area contributed by atoms with Crippen LogP contribution in [-0.2, 0) is 13.1 Å². The van der Waals surface area contributed by atoms with E-state index in [0.29, 0.717) is 5.92 Å². The zero-order valence-electron chi connectivity index (χ0n) is 14.6. The number of aryl methyl sites for hydroxylation is 3. The van der Waals surface area contributed by atoms with E-state index >= 15 is 0 Å². The Bertz CT molecular complexity index is 676. The smallest absolute Gasteiger partial charge is 0.0638 e. The molecule has 1 atom stereocenters. The van der Waals surface area contributed by atoms with Crippen molar-refractivity contribution in [1.29, 1.82) is 0 Å². The highest BCUT2D eigenvalue weighted by Crippen LogP contribution is 2.29. The molecule has 3 heterocycles. The van der Waals surface area contributed by atoms with Crippen molar-refractivity contribution in [1.82, 2.24) is 19.7 Å². The third-order valence-corrected chi connectivity index (χ3v) is 4.72. The molecule has 3 rings (SSSR count). The highest BCUT2D eigenvalue weighted by atomic mass is 15.3. The SMILES string of the molecule is CCn1cc(CN2CC[C@H](c3cc(NC)cc(C)n3)C2)c(C)n1. The Balaban J connectivity index is 1.68. The van der Waals surface area contributed by atoms with E-state index < -0.39 is 0 Å². The normalized spacial score (nSPS) is 18.5. The molecule has 2 aromatic heterocycles. The van der Waals surface area contributed by atoms with Gasteiger partial charge < -0.3 is 5.32 Å². The summed E-state index contributed by atoms with van der Waals surface area (Å²) in [6, 6.07) is 4.29.